The minimum Gasteiger partial charge on any atom is -0.460 e. The first-order valence-corrected chi connectivity index (χ1v) is 16.5. The third kappa shape index (κ3) is 11.6. The maximum Gasteiger partial charge on any atom is 0.417 e. The molecule has 17 nitrogen and oxygen atoms in total. The Labute approximate surface area is 294 Å². The van der Waals surface area contributed by atoms with E-state index in [0.717, 1.165) is 10.5 Å². The molecule has 51 heavy (non-hydrogen) atoms. The van der Waals surface area contributed by atoms with E-state index < -0.39 is 71.9 Å². The zero-order valence-corrected chi connectivity index (χ0v) is 28.6. The van der Waals surface area contributed by atoms with Crippen LogP contribution in [0, 0.1) is 10.1 Å². The fourth-order valence-corrected chi connectivity index (χ4v) is 5.28. The van der Waals surface area contributed by atoms with Gasteiger partial charge in [0.15, 0.2) is 0 Å². The summed E-state index contributed by atoms with van der Waals surface area (Å²) in [5, 5.41) is 10.9. The molecule has 1 fully saturated rings. The van der Waals surface area contributed by atoms with Crippen LogP contribution in [0.4, 0.5) is 10.5 Å². The van der Waals surface area contributed by atoms with E-state index in [1.54, 1.807) is 24.3 Å². The Morgan fingerprint density at radius 1 is 1.02 bits per heavy atom. The van der Waals surface area contributed by atoms with Gasteiger partial charge < -0.3 is 35.5 Å². The molecule has 4 amide bonds. The Morgan fingerprint density at radius 2 is 1.71 bits per heavy atom. The molecule has 0 aliphatic carbocycles. The molecular formula is C34H44N6O11. The first-order chi connectivity index (χ1) is 24.4. The summed E-state index contributed by atoms with van der Waals surface area (Å²) in [6.45, 7) is 0.793. The van der Waals surface area contributed by atoms with Gasteiger partial charge in [-0.15, -0.1) is 0 Å². The van der Waals surface area contributed by atoms with E-state index in [4.69, 9.17) is 25.7 Å². The molecule has 1 aliphatic rings. The normalized spacial score (nSPS) is 14.9. The van der Waals surface area contributed by atoms with E-state index in [2.05, 4.69) is 0 Å². The molecule has 0 bridgehead atoms. The first-order valence-electron chi connectivity index (χ1n) is 16.5. The van der Waals surface area contributed by atoms with Crippen molar-refractivity contribution in [2.75, 3.05) is 33.3 Å². The van der Waals surface area contributed by atoms with Crippen LogP contribution in [0.15, 0.2) is 54.6 Å². The van der Waals surface area contributed by atoms with Crippen LogP contribution >= 0.6 is 0 Å². The molecule has 1 heterocycles. The first kappa shape index (κ1) is 40.0. The van der Waals surface area contributed by atoms with Crippen LogP contribution in [-0.2, 0) is 40.1 Å². The fourth-order valence-electron chi connectivity index (χ4n) is 5.28. The number of nitrogens with two attached hydrogens (primary N) is 2. The number of likely N-dealkylation sites (N-methyl/N-ethyl adjacent to an activating group) is 1. The lowest BCUT2D eigenvalue weighted by molar-refractivity contribution is -0.384. The van der Waals surface area contributed by atoms with E-state index in [0.29, 0.717) is 24.2 Å². The number of imide groups is 1. The molecule has 0 aromatic heterocycles. The van der Waals surface area contributed by atoms with Crippen molar-refractivity contribution in [1.29, 1.82) is 0 Å². The number of amides is 4. The molecule has 4 N–H and O–H groups in total. The predicted octanol–water partition coefficient (Wildman–Crippen LogP) is 1.89. The molecule has 0 spiro atoms. The minimum atomic E-state index is -1.55. The van der Waals surface area contributed by atoms with Gasteiger partial charge in [0.25, 0.3) is 5.69 Å². The van der Waals surface area contributed by atoms with Crippen molar-refractivity contribution in [3.05, 3.63) is 70.3 Å². The van der Waals surface area contributed by atoms with Gasteiger partial charge in [0.1, 0.15) is 30.5 Å². The van der Waals surface area contributed by atoms with Gasteiger partial charge in [0, 0.05) is 25.7 Å². The molecule has 1 saturated heterocycles. The van der Waals surface area contributed by atoms with Crippen molar-refractivity contribution in [3.8, 4) is 5.75 Å². The quantitative estimate of drug-likeness (QED) is 0.0785. The van der Waals surface area contributed by atoms with Gasteiger partial charge >= 0.3 is 18.0 Å². The molecule has 1 unspecified atom stereocenters. The molecular weight excluding hydrogens is 668 g/mol. The highest BCUT2D eigenvalue weighted by Crippen LogP contribution is 2.23. The highest BCUT2D eigenvalue weighted by Gasteiger charge is 2.40. The van der Waals surface area contributed by atoms with Crippen LogP contribution in [0.3, 0.4) is 0 Å². The van der Waals surface area contributed by atoms with Gasteiger partial charge in [-0.3, -0.25) is 29.3 Å². The number of ether oxygens (including phenoxy) is 3. The molecule has 1 aliphatic heterocycles. The van der Waals surface area contributed by atoms with Gasteiger partial charge in [-0.25, -0.2) is 14.5 Å². The third-order valence-corrected chi connectivity index (χ3v) is 8.10. The summed E-state index contributed by atoms with van der Waals surface area (Å²) in [5.41, 5.74) is 12.2. The molecule has 17 heteroatoms. The van der Waals surface area contributed by atoms with E-state index in [9.17, 15) is 38.9 Å². The Hall–Kier alpha value is -5.42. The monoisotopic (exact) mass is 712 g/mol. The van der Waals surface area contributed by atoms with Crippen LogP contribution in [0.2, 0.25) is 0 Å². The number of unbranched alkanes of at least 4 members (excludes halogenated alkanes) is 1. The summed E-state index contributed by atoms with van der Waals surface area (Å²) in [7, 11) is 1.29. The summed E-state index contributed by atoms with van der Waals surface area (Å²) in [6.07, 6.45) is 0.318. The van der Waals surface area contributed by atoms with Crippen LogP contribution in [-0.4, -0.2) is 107 Å². The topological polar surface area (TPSA) is 235 Å². The number of carbonyl (C=O) groups excluding carboxylic acids is 6. The lowest BCUT2D eigenvalue weighted by Gasteiger charge is -2.32. The standard InChI is InChI=1S/C34H44N6O11/c1-3-4-19-49-34(46)39(29(41)20-35)27(17-16-26(36)32(44)50-22-23-9-6-5-7-10-23)31(43)37(2)21-30(42)38-18-8-11-28(38)33(45)51-25-14-12-24(13-15-25)40(47)48/h5-7,9-10,12-15,26-28H,3-4,8,11,16-22,35-36H2,1-2H3/t26?,27-,28-/m0/s1. The minimum absolute atomic E-state index is 0.0312. The zero-order valence-electron chi connectivity index (χ0n) is 28.6. The number of rotatable bonds is 17. The van der Waals surface area contributed by atoms with Crippen LogP contribution in [0.25, 0.3) is 0 Å². The summed E-state index contributed by atoms with van der Waals surface area (Å²) in [4.78, 5) is 92.4. The molecule has 0 radical (unpaired) electrons. The largest absolute Gasteiger partial charge is 0.460 e. The SMILES string of the molecule is CCCCOC(=O)N(C(=O)CN)[C@@H](CCC(N)C(=O)OCc1ccccc1)C(=O)N(C)CC(=O)N1CCC[C@H]1C(=O)Oc1ccc([N+](=O)[O-])cc1. The molecule has 2 aromatic carbocycles. The summed E-state index contributed by atoms with van der Waals surface area (Å²) in [5.74, 6) is -3.86. The van der Waals surface area contributed by atoms with Crippen LogP contribution in [0.1, 0.15) is 51.0 Å². The second-order valence-corrected chi connectivity index (χ2v) is 11.8. The second-order valence-electron chi connectivity index (χ2n) is 11.8. The number of nitro benzene ring substituents is 1. The number of esters is 2. The average Bonchev–Trinajstić information content (AvgIpc) is 3.63. The maximum absolute atomic E-state index is 13.9. The summed E-state index contributed by atoms with van der Waals surface area (Å²) >= 11 is 0. The van der Waals surface area contributed by atoms with Crippen molar-refractivity contribution < 1.29 is 47.9 Å². The number of nitro groups is 1. The smallest absolute Gasteiger partial charge is 0.417 e. The van der Waals surface area contributed by atoms with Gasteiger partial charge in [0.05, 0.1) is 24.6 Å². The number of hydrogen-bond donors (Lipinski definition) is 2. The van der Waals surface area contributed by atoms with Gasteiger partial charge in [0.2, 0.25) is 17.7 Å². The van der Waals surface area contributed by atoms with Crippen LogP contribution in [0.5, 0.6) is 5.75 Å². The van der Waals surface area contributed by atoms with E-state index in [1.807, 2.05) is 13.0 Å². The van der Waals surface area contributed by atoms with Crippen molar-refractivity contribution in [2.24, 2.45) is 11.5 Å². The molecule has 3 atom stereocenters. The Bertz CT molecular complexity index is 1540. The van der Waals surface area contributed by atoms with E-state index in [1.165, 1.54) is 36.2 Å². The highest BCUT2D eigenvalue weighted by molar-refractivity contribution is 5.99. The Balaban J connectivity index is 1.74. The molecule has 0 saturated carbocycles. The van der Waals surface area contributed by atoms with Gasteiger partial charge in [-0.05, 0) is 49.8 Å². The van der Waals surface area contributed by atoms with Crippen molar-refractivity contribution in [1.82, 2.24) is 14.7 Å². The van der Waals surface area contributed by atoms with Crippen molar-refractivity contribution in [2.45, 2.75) is 70.2 Å². The van der Waals surface area contributed by atoms with Crippen molar-refractivity contribution in [3.63, 3.8) is 0 Å². The molecule has 2 aromatic rings. The summed E-state index contributed by atoms with van der Waals surface area (Å²) < 4.78 is 15.9. The molecule has 276 valence electrons. The van der Waals surface area contributed by atoms with Gasteiger partial charge in [-0.1, -0.05) is 43.7 Å². The fraction of sp³-hybridized carbons (Fsp3) is 0.471. The Morgan fingerprint density at radius 3 is 2.33 bits per heavy atom. The number of likely N-dealkylation sites (tertiary alicyclic amines) is 1. The predicted molar refractivity (Wildman–Crippen MR) is 180 cm³/mol. The van der Waals surface area contributed by atoms with E-state index >= 15 is 0 Å². The number of benzene rings is 2. The average molecular weight is 713 g/mol. The van der Waals surface area contributed by atoms with E-state index in [-0.39, 0.29) is 50.5 Å². The maximum atomic E-state index is 13.9. The number of carbonyl (C=O) groups is 6. The number of non-ortho nitro benzene ring substituents is 1. The highest BCUT2D eigenvalue weighted by atomic mass is 16.6. The lowest BCUT2D eigenvalue weighted by Crippen LogP contribution is -2.56. The zero-order chi connectivity index (χ0) is 37.5. The molecule has 3 rings (SSSR count). The third-order valence-electron chi connectivity index (χ3n) is 8.10. The lowest BCUT2D eigenvalue weighted by atomic mass is 10.0. The Kier molecular flexibility index (Phi) is 15.4. The van der Waals surface area contributed by atoms with Crippen molar-refractivity contribution >= 4 is 41.4 Å². The number of nitrogens with zero attached hydrogens (tertiary/aromatic N) is 4. The number of hydrogen-bond acceptors (Lipinski definition) is 13. The van der Waals surface area contributed by atoms with Crippen LogP contribution < -0.4 is 16.2 Å². The second kappa shape index (κ2) is 19.7. The van der Waals surface area contributed by atoms with Gasteiger partial charge in [-0.2, -0.15) is 0 Å². The summed E-state index contributed by atoms with van der Waals surface area (Å²) in [6, 6.07) is 10.00.